The molecule has 23 heavy (non-hydrogen) atoms. The number of halogens is 1. The molecule has 3 rings (SSSR count). The van der Waals surface area contributed by atoms with Gasteiger partial charge < -0.3 is 9.47 Å². The number of aromatic nitrogens is 2. The molecule has 0 aliphatic heterocycles. The van der Waals surface area contributed by atoms with Crippen LogP contribution < -0.4 is 10.4 Å². The van der Waals surface area contributed by atoms with Gasteiger partial charge in [0.25, 0.3) is 0 Å². The summed E-state index contributed by atoms with van der Waals surface area (Å²) in [4.78, 5) is 12.5. The van der Waals surface area contributed by atoms with Crippen LogP contribution in [0.25, 0.3) is 22.2 Å². The fraction of sp³-hybridized carbons (Fsp3) is 0.235. The lowest BCUT2D eigenvalue weighted by Gasteiger charge is -2.08. The van der Waals surface area contributed by atoms with Gasteiger partial charge in [0.2, 0.25) is 0 Å². The van der Waals surface area contributed by atoms with Gasteiger partial charge in [-0.3, -0.25) is 9.13 Å². The van der Waals surface area contributed by atoms with Crippen molar-refractivity contribution in [2.24, 2.45) is 7.05 Å². The van der Waals surface area contributed by atoms with Crippen LogP contribution in [0.2, 0.25) is 0 Å². The molecular weight excluding hydrogens is 360 g/mol. The maximum Gasteiger partial charge on any atom is 0.330 e. The molecule has 0 amide bonds. The third kappa shape index (κ3) is 2.68. The standard InChI is InChI=1S/C17H17BrN2O3/c1-19-16-14(11-4-6-13(23-3)7-5-11)8-12(18)9-15(16)20(10-22-2)17(19)21/h4-9H,10H2,1-3H3. The van der Waals surface area contributed by atoms with Crippen molar-refractivity contribution in [1.29, 1.82) is 0 Å². The van der Waals surface area contributed by atoms with Gasteiger partial charge >= 0.3 is 5.69 Å². The summed E-state index contributed by atoms with van der Waals surface area (Å²) >= 11 is 3.54. The van der Waals surface area contributed by atoms with Gasteiger partial charge in [-0.2, -0.15) is 0 Å². The zero-order valence-electron chi connectivity index (χ0n) is 13.2. The van der Waals surface area contributed by atoms with Crippen molar-refractivity contribution in [2.75, 3.05) is 14.2 Å². The number of ether oxygens (including phenoxy) is 2. The Hall–Kier alpha value is -2.05. The molecule has 3 aromatic rings. The van der Waals surface area contributed by atoms with Gasteiger partial charge in [0.15, 0.2) is 0 Å². The third-order valence-corrected chi connectivity index (χ3v) is 4.32. The van der Waals surface area contributed by atoms with E-state index < -0.39 is 0 Å². The van der Waals surface area contributed by atoms with Gasteiger partial charge in [-0.25, -0.2) is 4.79 Å². The van der Waals surface area contributed by atoms with Crippen molar-refractivity contribution in [3.8, 4) is 16.9 Å². The van der Waals surface area contributed by atoms with E-state index in [0.29, 0.717) is 0 Å². The van der Waals surface area contributed by atoms with Crippen LogP contribution in [0.15, 0.2) is 45.7 Å². The quantitative estimate of drug-likeness (QED) is 0.700. The molecular formula is C17H17BrN2O3. The summed E-state index contributed by atoms with van der Waals surface area (Å²) in [5.74, 6) is 0.797. The molecule has 2 aromatic carbocycles. The number of benzene rings is 2. The van der Waals surface area contributed by atoms with Crippen LogP contribution in [0.3, 0.4) is 0 Å². The second-order valence-electron chi connectivity index (χ2n) is 5.24. The molecule has 0 radical (unpaired) electrons. The topological polar surface area (TPSA) is 45.4 Å². The van der Waals surface area contributed by atoms with Crippen molar-refractivity contribution in [3.05, 3.63) is 51.4 Å². The highest BCUT2D eigenvalue weighted by molar-refractivity contribution is 9.10. The van der Waals surface area contributed by atoms with E-state index in [9.17, 15) is 4.79 Å². The van der Waals surface area contributed by atoms with E-state index in [1.165, 1.54) is 0 Å². The summed E-state index contributed by atoms with van der Waals surface area (Å²) in [6, 6.07) is 11.7. The van der Waals surface area contributed by atoms with Crippen LogP contribution in [-0.2, 0) is 18.5 Å². The first kappa shape index (κ1) is 15.8. The first-order valence-electron chi connectivity index (χ1n) is 7.09. The summed E-state index contributed by atoms with van der Waals surface area (Å²) < 4.78 is 14.6. The number of hydrogen-bond acceptors (Lipinski definition) is 3. The van der Waals surface area contributed by atoms with E-state index in [4.69, 9.17) is 9.47 Å². The predicted octanol–water partition coefficient (Wildman–Crippen LogP) is 3.38. The summed E-state index contributed by atoms with van der Waals surface area (Å²) in [6.45, 7) is 0.217. The Morgan fingerprint density at radius 3 is 2.43 bits per heavy atom. The number of rotatable bonds is 4. The fourth-order valence-electron chi connectivity index (χ4n) is 2.77. The van der Waals surface area contributed by atoms with E-state index in [-0.39, 0.29) is 12.4 Å². The number of fused-ring (bicyclic) bond motifs is 1. The fourth-order valence-corrected chi connectivity index (χ4v) is 3.21. The van der Waals surface area contributed by atoms with Gasteiger partial charge in [0.05, 0.1) is 18.1 Å². The lowest BCUT2D eigenvalue weighted by atomic mass is 10.0. The van der Waals surface area contributed by atoms with E-state index in [2.05, 4.69) is 15.9 Å². The molecule has 0 saturated heterocycles. The second kappa shape index (κ2) is 6.22. The highest BCUT2D eigenvalue weighted by atomic mass is 79.9. The highest BCUT2D eigenvalue weighted by Crippen LogP contribution is 2.32. The lowest BCUT2D eigenvalue weighted by Crippen LogP contribution is -2.22. The normalized spacial score (nSPS) is 11.1. The van der Waals surface area contributed by atoms with Crippen molar-refractivity contribution in [2.45, 2.75) is 6.73 Å². The first-order chi connectivity index (χ1) is 11.1. The van der Waals surface area contributed by atoms with Crippen molar-refractivity contribution < 1.29 is 9.47 Å². The first-order valence-corrected chi connectivity index (χ1v) is 7.88. The van der Waals surface area contributed by atoms with E-state index in [1.54, 1.807) is 30.4 Å². The van der Waals surface area contributed by atoms with Gasteiger partial charge in [-0.05, 0) is 29.8 Å². The molecule has 0 fully saturated rings. The van der Waals surface area contributed by atoms with E-state index in [0.717, 1.165) is 32.4 Å². The lowest BCUT2D eigenvalue weighted by molar-refractivity contribution is 0.131. The Morgan fingerprint density at radius 2 is 1.83 bits per heavy atom. The van der Waals surface area contributed by atoms with Gasteiger partial charge in [-0.1, -0.05) is 28.1 Å². The molecule has 0 N–H and O–H groups in total. The number of nitrogens with zero attached hydrogens (tertiary/aromatic N) is 2. The average molecular weight is 377 g/mol. The smallest absolute Gasteiger partial charge is 0.330 e. The molecule has 6 heteroatoms. The maximum atomic E-state index is 12.5. The summed E-state index contributed by atoms with van der Waals surface area (Å²) in [7, 11) is 4.99. The summed E-state index contributed by atoms with van der Waals surface area (Å²) in [6.07, 6.45) is 0. The molecule has 1 aromatic heterocycles. The summed E-state index contributed by atoms with van der Waals surface area (Å²) in [5, 5.41) is 0. The minimum atomic E-state index is -0.102. The predicted molar refractivity (Wildman–Crippen MR) is 93.9 cm³/mol. The highest BCUT2D eigenvalue weighted by Gasteiger charge is 2.16. The van der Waals surface area contributed by atoms with Crippen molar-refractivity contribution >= 4 is 27.0 Å². The number of imidazole rings is 1. The Labute approximate surface area is 142 Å². The Bertz CT molecular complexity index is 910. The SMILES string of the molecule is COCn1c(=O)n(C)c2c(-c3ccc(OC)cc3)cc(Br)cc21. The van der Waals surface area contributed by atoms with Crippen molar-refractivity contribution in [3.63, 3.8) is 0 Å². The van der Waals surface area contributed by atoms with Crippen LogP contribution in [0, 0.1) is 0 Å². The molecule has 0 aliphatic carbocycles. The van der Waals surface area contributed by atoms with Crippen LogP contribution in [0.5, 0.6) is 5.75 Å². The second-order valence-corrected chi connectivity index (χ2v) is 6.15. The minimum absolute atomic E-state index is 0.102. The average Bonchev–Trinajstić information content (AvgIpc) is 2.79. The van der Waals surface area contributed by atoms with E-state index >= 15 is 0 Å². The molecule has 0 aliphatic rings. The zero-order valence-corrected chi connectivity index (χ0v) is 14.8. The maximum absolute atomic E-state index is 12.5. The minimum Gasteiger partial charge on any atom is -0.497 e. The van der Waals surface area contributed by atoms with Gasteiger partial charge in [0.1, 0.15) is 12.5 Å². The third-order valence-electron chi connectivity index (χ3n) is 3.86. The van der Waals surface area contributed by atoms with Crippen LogP contribution in [0.4, 0.5) is 0 Å². The van der Waals surface area contributed by atoms with Crippen LogP contribution in [0.1, 0.15) is 0 Å². The molecule has 5 nitrogen and oxygen atoms in total. The zero-order chi connectivity index (χ0) is 16.6. The van der Waals surface area contributed by atoms with Gasteiger partial charge in [-0.15, -0.1) is 0 Å². The van der Waals surface area contributed by atoms with Crippen LogP contribution >= 0.6 is 15.9 Å². The van der Waals surface area contributed by atoms with Gasteiger partial charge in [0, 0.05) is 24.2 Å². The molecule has 0 atom stereocenters. The number of hydrogen-bond donors (Lipinski definition) is 0. The van der Waals surface area contributed by atoms with Crippen molar-refractivity contribution in [1.82, 2.24) is 9.13 Å². The Morgan fingerprint density at radius 1 is 1.13 bits per heavy atom. The molecule has 0 unspecified atom stereocenters. The summed E-state index contributed by atoms with van der Waals surface area (Å²) in [5.41, 5.74) is 3.60. The monoisotopic (exact) mass is 376 g/mol. The molecule has 120 valence electrons. The number of methoxy groups -OCH3 is 2. The largest absolute Gasteiger partial charge is 0.497 e. The van der Waals surface area contributed by atoms with E-state index in [1.807, 2.05) is 36.4 Å². The Balaban J connectivity index is 2.32. The molecule has 0 bridgehead atoms. The van der Waals surface area contributed by atoms with Crippen LogP contribution in [-0.4, -0.2) is 23.4 Å². The number of aryl methyl sites for hydroxylation is 1. The molecule has 0 spiro atoms. The Kier molecular flexibility index (Phi) is 4.28. The molecule has 1 heterocycles. The molecule has 0 saturated carbocycles.